The highest BCUT2D eigenvalue weighted by Gasteiger charge is 2.34. The Morgan fingerprint density at radius 2 is 2.19 bits per heavy atom. The number of fused-ring (bicyclic) bond motifs is 2. The van der Waals surface area contributed by atoms with E-state index in [1.54, 1.807) is 6.26 Å². The number of hydrogen-bond acceptors (Lipinski definition) is 4. The number of allylic oxidation sites excluding steroid dienone is 1. The van der Waals surface area contributed by atoms with Crippen LogP contribution in [-0.4, -0.2) is 23.2 Å². The average molecular weight is 298 g/mol. The lowest BCUT2D eigenvalue weighted by Crippen LogP contribution is -2.20. The summed E-state index contributed by atoms with van der Waals surface area (Å²) < 4.78 is 5.57. The van der Waals surface area contributed by atoms with Crippen LogP contribution in [0, 0.1) is 12.8 Å². The molecule has 0 amide bonds. The second-order valence-electron chi connectivity index (χ2n) is 5.92. The Balaban J connectivity index is 1.92. The maximum atomic E-state index is 5.57. The second kappa shape index (κ2) is 4.67. The highest BCUT2D eigenvalue weighted by Crippen LogP contribution is 2.45. The SMILES string of the molecule is Cc1cc(C2=C(C(C)C)SC3=NCCN32)cc2ccoc12. The van der Waals surface area contributed by atoms with E-state index in [1.165, 1.54) is 32.3 Å². The molecule has 0 fully saturated rings. The molecule has 21 heavy (non-hydrogen) atoms. The van der Waals surface area contributed by atoms with E-state index in [-0.39, 0.29) is 0 Å². The van der Waals surface area contributed by atoms with E-state index in [0.29, 0.717) is 5.92 Å². The van der Waals surface area contributed by atoms with Gasteiger partial charge in [-0.15, -0.1) is 0 Å². The van der Waals surface area contributed by atoms with Crippen molar-refractivity contribution in [2.24, 2.45) is 10.9 Å². The van der Waals surface area contributed by atoms with Gasteiger partial charge in [-0.1, -0.05) is 25.6 Å². The summed E-state index contributed by atoms with van der Waals surface area (Å²) in [6.07, 6.45) is 1.77. The van der Waals surface area contributed by atoms with Gasteiger partial charge in [-0.3, -0.25) is 4.99 Å². The van der Waals surface area contributed by atoms with Crippen molar-refractivity contribution >= 4 is 33.6 Å². The number of benzene rings is 1. The molecule has 0 bridgehead atoms. The van der Waals surface area contributed by atoms with Crippen molar-refractivity contribution in [1.82, 2.24) is 4.90 Å². The Morgan fingerprint density at radius 3 is 3.00 bits per heavy atom. The van der Waals surface area contributed by atoms with Crippen molar-refractivity contribution in [3.63, 3.8) is 0 Å². The molecule has 0 unspecified atom stereocenters. The first-order valence-electron chi connectivity index (χ1n) is 7.37. The van der Waals surface area contributed by atoms with Crippen molar-refractivity contribution in [3.05, 3.63) is 40.5 Å². The third-order valence-corrected chi connectivity index (χ3v) is 5.46. The van der Waals surface area contributed by atoms with Crippen LogP contribution in [-0.2, 0) is 0 Å². The fraction of sp³-hybridized carbons (Fsp3) is 0.353. The summed E-state index contributed by atoms with van der Waals surface area (Å²) in [6.45, 7) is 8.54. The fourth-order valence-electron chi connectivity index (χ4n) is 3.09. The van der Waals surface area contributed by atoms with E-state index in [2.05, 4.69) is 42.8 Å². The topological polar surface area (TPSA) is 28.7 Å². The van der Waals surface area contributed by atoms with Gasteiger partial charge in [-0.2, -0.15) is 0 Å². The maximum Gasteiger partial charge on any atom is 0.168 e. The number of amidine groups is 1. The zero-order chi connectivity index (χ0) is 14.6. The summed E-state index contributed by atoms with van der Waals surface area (Å²) in [4.78, 5) is 8.43. The first-order chi connectivity index (χ1) is 10.1. The molecule has 0 spiro atoms. The molecule has 4 heteroatoms. The first-order valence-corrected chi connectivity index (χ1v) is 8.19. The molecule has 108 valence electrons. The Hall–Kier alpha value is -1.68. The number of thioether (sulfide) groups is 1. The second-order valence-corrected chi connectivity index (χ2v) is 6.93. The summed E-state index contributed by atoms with van der Waals surface area (Å²) in [5, 5.41) is 2.34. The van der Waals surface area contributed by atoms with Gasteiger partial charge < -0.3 is 9.32 Å². The summed E-state index contributed by atoms with van der Waals surface area (Å²) >= 11 is 1.84. The molecule has 0 saturated heterocycles. The van der Waals surface area contributed by atoms with Crippen LogP contribution in [0.1, 0.15) is 25.0 Å². The Morgan fingerprint density at radius 1 is 1.33 bits per heavy atom. The molecule has 2 aliphatic rings. The zero-order valence-corrected chi connectivity index (χ0v) is 13.3. The summed E-state index contributed by atoms with van der Waals surface area (Å²) in [6, 6.07) is 6.53. The van der Waals surface area contributed by atoms with E-state index in [9.17, 15) is 0 Å². The van der Waals surface area contributed by atoms with Gasteiger partial charge in [0, 0.05) is 22.4 Å². The number of rotatable bonds is 2. The van der Waals surface area contributed by atoms with Crippen LogP contribution < -0.4 is 0 Å². The standard InChI is InChI=1S/C17H18N2OS/c1-10(2)16-14(19-6-5-18-17(19)21-16)13-8-11(3)15-12(9-13)4-7-20-15/h4,7-10H,5-6H2,1-3H3. The summed E-state index contributed by atoms with van der Waals surface area (Å²) in [5.74, 6) is 0.513. The van der Waals surface area contributed by atoms with Crippen LogP contribution >= 0.6 is 11.8 Å². The minimum Gasteiger partial charge on any atom is -0.464 e. The average Bonchev–Trinajstić information content (AvgIpc) is 3.12. The summed E-state index contributed by atoms with van der Waals surface area (Å²) in [5.41, 5.74) is 4.81. The van der Waals surface area contributed by atoms with Crippen LogP contribution in [0.2, 0.25) is 0 Å². The molecular weight excluding hydrogens is 280 g/mol. The molecule has 0 atom stereocenters. The number of hydrogen-bond donors (Lipinski definition) is 0. The van der Waals surface area contributed by atoms with E-state index >= 15 is 0 Å². The van der Waals surface area contributed by atoms with E-state index in [4.69, 9.17) is 4.42 Å². The van der Waals surface area contributed by atoms with Crippen LogP contribution in [0.5, 0.6) is 0 Å². The van der Waals surface area contributed by atoms with Crippen molar-refractivity contribution in [2.75, 3.05) is 13.1 Å². The number of aryl methyl sites for hydroxylation is 1. The molecule has 0 aliphatic carbocycles. The minimum absolute atomic E-state index is 0.513. The van der Waals surface area contributed by atoms with E-state index < -0.39 is 0 Å². The van der Waals surface area contributed by atoms with Crippen molar-refractivity contribution in [1.29, 1.82) is 0 Å². The van der Waals surface area contributed by atoms with Gasteiger partial charge in [0.05, 0.1) is 18.5 Å². The largest absolute Gasteiger partial charge is 0.464 e. The van der Waals surface area contributed by atoms with Gasteiger partial charge in [0.15, 0.2) is 5.17 Å². The lowest BCUT2D eigenvalue weighted by Gasteiger charge is -2.19. The van der Waals surface area contributed by atoms with Crippen LogP contribution in [0.25, 0.3) is 16.7 Å². The predicted molar refractivity (Wildman–Crippen MR) is 89.3 cm³/mol. The maximum absolute atomic E-state index is 5.57. The molecule has 2 aromatic rings. The highest BCUT2D eigenvalue weighted by atomic mass is 32.2. The Bertz CT molecular complexity index is 785. The molecule has 3 heterocycles. The third kappa shape index (κ3) is 1.93. The smallest absolute Gasteiger partial charge is 0.168 e. The summed E-state index contributed by atoms with van der Waals surface area (Å²) in [7, 11) is 0. The quantitative estimate of drug-likeness (QED) is 0.818. The monoisotopic (exact) mass is 298 g/mol. The molecule has 2 aliphatic heterocycles. The van der Waals surface area contributed by atoms with Crippen LogP contribution in [0.15, 0.2) is 38.8 Å². The Labute approximate surface area is 128 Å². The first kappa shape index (κ1) is 13.0. The molecule has 1 aromatic heterocycles. The van der Waals surface area contributed by atoms with E-state index in [1.807, 2.05) is 17.8 Å². The molecule has 0 radical (unpaired) electrons. The Kier molecular flexibility index (Phi) is 2.89. The van der Waals surface area contributed by atoms with Gasteiger partial charge >= 0.3 is 0 Å². The lowest BCUT2D eigenvalue weighted by molar-refractivity contribution is 0.613. The van der Waals surface area contributed by atoms with E-state index in [0.717, 1.165) is 18.7 Å². The molecular formula is C17H18N2OS. The van der Waals surface area contributed by atoms with Gasteiger partial charge in [-0.25, -0.2) is 0 Å². The predicted octanol–water partition coefficient (Wildman–Crippen LogP) is 4.48. The number of furan rings is 1. The van der Waals surface area contributed by atoms with Crippen molar-refractivity contribution in [2.45, 2.75) is 20.8 Å². The molecule has 4 rings (SSSR count). The zero-order valence-electron chi connectivity index (χ0n) is 12.5. The molecule has 1 aromatic carbocycles. The minimum atomic E-state index is 0.513. The molecule has 0 saturated carbocycles. The van der Waals surface area contributed by atoms with Crippen LogP contribution in [0.4, 0.5) is 0 Å². The molecule has 3 nitrogen and oxygen atoms in total. The van der Waals surface area contributed by atoms with Gasteiger partial charge in [-0.05, 0) is 36.6 Å². The van der Waals surface area contributed by atoms with Crippen molar-refractivity contribution in [3.8, 4) is 0 Å². The lowest BCUT2D eigenvalue weighted by atomic mass is 10.0. The van der Waals surface area contributed by atoms with Gasteiger partial charge in [0.1, 0.15) is 5.58 Å². The fourth-order valence-corrected chi connectivity index (χ4v) is 4.29. The molecule has 0 N–H and O–H groups in total. The third-order valence-electron chi connectivity index (χ3n) is 4.04. The van der Waals surface area contributed by atoms with Gasteiger partial charge in [0.25, 0.3) is 0 Å². The van der Waals surface area contributed by atoms with Crippen molar-refractivity contribution < 1.29 is 4.42 Å². The highest BCUT2D eigenvalue weighted by molar-refractivity contribution is 8.17. The number of nitrogens with zero attached hydrogens (tertiary/aromatic N) is 2. The number of aliphatic imine (C=N–C) groups is 1. The normalized spacial score (nSPS) is 18.1. The van der Waals surface area contributed by atoms with Crippen LogP contribution in [0.3, 0.4) is 0 Å². The van der Waals surface area contributed by atoms with Gasteiger partial charge in [0.2, 0.25) is 0 Å².